The Bertz CT molecular complexity index is 1230. The molecule has 2 aliphatic carbocycles. The second kappa shape index (κ2) is 8.95. The lowest BCUT2D eigenvalue weighted by Crippen LogP contribution is -2.42. The van der Waals surface area contributed by atoms with Crippen LogP contribution in [0, 0.1) is 10.8 Å². The normalized spacial score (nSPS) is 21.0. The Balaban J connectivity index is 1.68. The van der Waals surface area contributed by atoms with Gasteiger partial charge in [0.1, 0.15) is 6.61 Å². The van der Waals surface area contributed by atoms with Crippen LogP contribution in [0.15, 0.2) is 71.1 Å². The molecule has 0 spiro atoms. The average molecular weight is 486 g/mol. The summed E-state index contributed by atoms with van der Waals surface area (Å²) in [7, 11) is 1.62. The third-order valence-electron chi connectivity index (χ3n) is 7.49. The van der Waals surface area contributed by atoms with Gasteiger partial charge in [-0.1, -0.05) is 70.2 Å². The van der Waals surface area contributed by atoms with Gasteiger partial charge in [-0.25, -0.2) is 0 Å². The summed E-state index contributed by atoms with van der Waals surface area (Å²) in [5.41, 5.74) is 4.88. The molecule has 5 nitrogen and oxygen atoms in total. The summed E-state index contributed by atoms with van der Waals surface area (Å²) < 4.78 is 12.1. The van der Waals surface area contributed by atoms with Gasteiger partial charge in [-0.05, 0) is 35.3 Å². The number of ketones is 2. The number of carbonyl (C=O) groups excluding carboxylic acids is 2. The topological polar surface area (TPSA) is 64.6 Å². The zero-order valence-corrected chi connectivity index (χ0v) is 21.9. The molecule has 36 heavy (non-hydrogen) atoms. The van der Waals surface area contributed by atoms with Gasteiger partial charge in [0.2, 0.25) is 0 Å². The number of para-hydroxylation sites is 1. The zero-order valence-electron chi connectivity index (χ0n) is 21.9. The molecular weight excluding hydrogens is 450 g/mol. The van der Waals surface area contributed by atoms with Crippen molar-refractivity contribution in [3.8, 4) is 11.5 Å². The summed E-state index contributed by atoms with van der Waals surface area (Å²) >= 11 is 0. The largest absolute Gasteiger partial charge is 0.493 e. The summed E-state index contributed by atoms with van der Waals surface area (Å²) in [6.45, 7) is 8.88. The first-order valence-corrected chi connectivity index (χ1v) is 12.7. The molecule has 0 unspecified atom stereocenters. The standard InChI is InChI=1S/C31H35NO4/c1-30(2)14-21-27(23(33)16-30)26(28-22(32-21)15-31(3,4)17-24(28)34)20-12-9-13-25(35-5)29(20)36-18-19-10-7-6-8-11-19/h6-13,26,32H,14-18H2,1-5H3. The van der Waals surface area contributed by atoms with Crippen molar-refractivity contribution in [1.82, 2.24) is 5.32 Å². The van der Waals surface area contributed by atoms with Crippen molar-refractivity contribution in [3.05, 3.63) is 82.2 Å². The number of nitrogens with one attached hydrogen (secondary N) is 1. The van der Waals surface area contributed by atoms with Crippen LogP contribution in [0.4, 0.5) is 0 Å². The van der Waals surface area contributed by atoms with Crippen molar-refractivity contribution >= 4 is 11.6 Å². The van der Waals surface area contributed by atoms with E-state index in [1.54, 1.807) is 7.11 Å². The molecule has 5 heteroatoms. The zero-order chi connectivity index (χ0) is 25.7. The van der Waals surface area contributed by atoms with E-state index in [0.717, 1.165) is 35.4 Å². The lowest BCUT2D eigenvalue weighted by molar-refractivity contribution is -0.119. The third-order valence-corrected chi connectivity index (χ3v) is 7.49. The number of ether oxygens (including phenoxy) is 2. The van der Waals surface area contributed by atoms with Crippen molar-refractivity contribution in [2.24, 2.45) is 10.8 Å². The van der Waals surface area contributed by atoms with Gasteiger partial charge in [-0.3, -0.25) is 9.59 Å². The molecule has 0 amide bonds. The molecule has 0 bridgehead atoms. The van der Waals surface area contributed by atoms with Gasteiger partial charge in [-0.15, -0.1) is 0 Å². The summed E-state index contributed by atoms with van der Waals surface area (Å²) in [5, 5.41) is 3.58. The fraction of sp³-hybridized carbons (Fsp3) is 0.419. The van der Waals surface area contributed by atoms with Crippen LogP contribution in [0.3, 0.4) is 0 Å². The van der Waals surface area contributed by atoms with E-state index in [-0.39, 0.29) is 22.4 Å². The molecule has 0 atom stereocenters. The number of methoxy groups -OCH3 is 1. The molecule has 2 aromatic carbocycles. The minimum Gasteiger partial charge on any atom is -0.493 e. The minimum atomic E-state index is -0.468. The van der Waals surface area contributed by atoms with Crippen LogP contribution in [-0.2, 0) is 16.2 Å². The second-order valence-electron chi connectivity index (χ2n) is 11.9. The molecule has 0 saturated carbocycles. The third kappa shape index (κ3) is 4.47. The molecule has 1 N–H and O–H groups in total. The number of rotatable bonds is 5. The molecule has 0 fully saturated rings. The maximum Gasteiger partial charge on any atom is 0.165 e. The Morgan fingerprint density at radius 2 is 1.39 bits per heavy atom. The number of dihydropyridines is 1. The maximum atomic E-state index is 13.7. The number of hydrogen-bond donors (Lipinski definition) is 1. The molecular formula is C31H35NO4. The lowest BCUT2D eigenvalue weighted by atomic mass is 9.64. The SMILES string of the molecule is COc1cccc(C2C3=C(CC(C)(C)CC3=O)NC3=C2C(=O)CC(C)(C)C3)c1OCc1ccccc1. The Hall–Kier alpha value is -3.34. The number of Topliss-reactive ketones (excluding diaryl/α,β-unsaturated/α-hetero) is 2. The van der Waals surface area contributed by atoms with E-state index in [4.69, 9.17) is 9.47 Å². The highest BCUT2D eigenvalue weighted by Crippen LogP contribution is 2.53. The van der Waals surface area contributed by atoms with E-state index in [1.165, 1.54) is 0 Å². The van der Waals surface area contributed by atoms with Crippen LogP contribution < -0.4 is 14.8 Å². The number of hydrogen-bond acceptors (Lipinski definition) is 5. The maximum absolute atomic E-state index is 13.7. The first-order valence-electron chi connectivity index (χ1n) is 12.7. The minimum absolute atomic E-state index is 0.0970. The van der Waals surface area contributed by atoms with Crippen molar-refractivity contribution in [2.75, 3.05) is 7.11 Å². The highest BCUT2D eigenvalue weighted by molar-refractivity contribution is 6.07. The van der Waals surface area contributed by atoms with Crippen LogP contribution in [0.2, 0.25) is 0 Å². The number of carbonyl (C=O) groups is 2. The number of allylic oxidation sites excluding steroid dienone is 4. The molecule has 0 aromatic heterocycles. The molecule has 188 valence electrons. The quantitative estimate of drug-likeness (QED) is 0.543. The Morgan fingerprint density at radius 3 is 1.94 bits per heavy atom. The summed E-state index contributed by atoms with van der Waals surface area (Å²) in [6, 6.07) is 15.7. The van der Waals surface area contributed by atoms with Gasteiger partial charge in [-0.2, -0.15) is 0 Å². The Kier molecular flexibility index (Phi) is 6.06. The monoisotopic (exact) mass is 485 g/mol. The fourth-order valence-electron chi connectivity index (χ4n) is 6.00. The van der Waals surface area contributed by atoms with Crippen LogP contribution in [0.25, 0.3) is 0 Å². The van der Waals surface area contributed by atoms with E-state index in [0.29, 0.717) is 42.1 Å². The summed E-state index contributed by atoms with van der Waals surface area (Å²) in [6.07, 6.45) is 2.44. The van der Waals surface area contributed by atoms with Crippen molar-refractivity contribution in [1.29, 1.82) is 0 Å². The van der Waals surface area contributed by atoms with E-state index < -0.39 is 5.92 Å². The van der Waals surface area contributed by atoms with Gasteiger partial charge >= 0.3 is 0 Å². The van der Waals surface area contributed by atoms with Gasteiger partial charge in [0.25, 0.3) is 0 Å². The second-order valence-corrected chi connectivity index (χ2v) is 11.9. The van der Waals surface area contributed by atoms with Crippen molar-refractivity contribution in [2.45, 2.75) is 65.9 Å². The van der Waals surface area contributed by atoms with E-state index in [2.05, 4.69) is 33.0 Å². The summed E-state index contributed by atoms with van der Waals surface area (Å²) in [5.74, 6) is 0.909. The Morgan fingerprint density at radius 1 is 0.806 bits per heavy atom. The van der Waals surface area contributed by atoms with Crippen LogP contribution in [0.5, 0.6) is 11.5 Å². The van der Waals surface area contributed by atoms with Gasteiger partial charge in [0.05, 0.1) is 7.11 Å². The molecule has 2 aromatic rings. The van der Waals surface area contributed by atoms with Crippen LogP contribution >= 0.6 is 0 Å². The van der Waals surface area contributed by atoms with Crippen LogP contribution in [-0.4, -0.2) is 18.7 Å². The van der Waals surface area contributed by atoms with E-state index in [9.17, 15) is 9.59 Å². The van der Waals surface area contributed by atoms with E-state index >= 15 is 0 Å². The molecule has 0 radical (unpaired) electrons. The van der Waals surface area contributed by atoms with Gasteiger partial charge in [0, 0.05) is 46.9 Å². The van der Waals surface area contributed by atoms with Crippen molar-refractivity contribution < 1.29 is 19.1 Å². The first-order chi connectivity index (χ1) is 17.1. The predicted octanol–water partition coefficient (Wildman–Crippen LogP) is 6.25. The van der Waals surface area contributed by atoms with Gasteiger partial charge < -0.3 is 14.8 Å². The molecule has 1 heterocycles. The fourth-order valence-corrected chi connectivity index (χ4v) is 6.00. The van der Waals surface area contributed by atoms with Crippen molar-refractivity contribution in [3.63, 3.8) is 0 Å². The van der Waals surface area contributed by atoms with Gasteiger partial charge in [0.15, 0.2) is 23.1 Å². The first kappa shape index (κ1) is 24.4. The molecule has 5 rings (SSSR count). The molecule has 1 aliphatic heterocycles. The summed E-state index contributed by atoms with van der Waals surface area (Å²) in [4.78, 5) is 27.4. The average Bonchev–Trinajstić information content (AvgIpc) is 2.80. The highest BCUT2D eigenvalue weighted by atomic mass is 16.5. The molecule has 3 aliphatic rings. The Labute approximate surface area is 213 Å². The smallest absolute Gasteiger partial charge is 0.165 e. The predicted molar refractivity (Wildman–Crippen MR) is 140 cm³/mol. The lowest BCUT2D eigenvalue weighted by Gasteiger charge is -2.44. The van der Waals surface area contributed by atoms with E-state index in [1.807, 2.05) is 48.5 Å². The molecule has 0 saturated heterocycles. The number of benzene rings is 2. The highest BCUT2D eigenvalue weighted by Gasteiger charge is 2.47. The van der Waals surface area contributed by atoms with Crippen LogP contribution in [0.1, 0.15) is 70.4 Å².